The number of hydrogen-bond acceptors (Lipinski definition) is 3. The van der Waals surface area contributed by atoms with Crippen LogP contribution >= 0.6 is 0 Å². The molecule has 5 nitrogen and oxygen atoms in total. The molecule has 1 atom stereocenters. The minimum Gasteiger partial charge on any atom is -0.383 e. The Morgan fingerprint density at radius 1 is 1.58 bits per heavy atom. The van der Waals surface area contributed by atoms with Gasteiger partial charge in [-0.05, 0) is 37.4 Å². The number of aromatic nitrogens is 1. The van der Waals surface area contributed by atoms with Crippen molar-refractivity contribution >= 4 is 5.91 Å². The third-order valence-electron chi connectivity index (χ3n) is 3.72. The topological polar surface area (TPSA) is 60.5 Å². The number of likely N-dealkylation sites (tertiary alicyclic amines) is 1. The van der Waals surface area contributed by atoms with E-state index in [9.17, 15) is 4.79 Å². The van der Waals surface area contributed by atoms with Crippen LogP contribution in [0.4, 0.5) is 0 Å². The summed E-state index contributed by atoms with van der Waals surface area (Å²) in [6, 6.07) is 3.79. The Morgan fingerprint density at radius 2 is 2.42 bits per heavy atom. The standard InChI is InChI=1S/C14H23N3O2/c1-19-9-8-16-6-3-5-13(16)14(18)17-7-2-4-12(10-15)11-17/h3,5-6,12H,2,4,7-11,15H2,1H3. The molecule has 0 aliphatic carbocycles. The normalized spacial score (nSPS) is 19.7. The second kappa shape index (κ2) is 6.73. The molecule has 5 heteroatoms. The number of hydrogen-bond donors (Lipinski definition) is 1. The molecule has 1 unspecified atom stereocenters. The highest BCUT2D eigenvalue weighted by atomic mass is 16.5. The van der Waals surface area contributed by atoms with Crippen LogP contribution in [0.5, 0.6) is 0 Å². The summed E-state index contributed by atoms with van der Waals surface area (Å²) >= 11 is 0. The first kappa shape index (κ1) is 14.1. The van der Waals surface area contributed by atoms with Crippen molar-refractivity contribution in [2.24, 2.45) is 11.7 Å². The zero-order valence-corrected chi connectivity index (χ0v) is 11.5. The second-order valence-electron chi connectivity index (χ2n) is 5.07. The van der Waals surface area contributed by atoms with Crippen LogP contribution in [-0.2, 0) is 11.3 Å². The van der Waals surface area contributed by atoms with Gasteiger partial charge in [-0.2, -0.15) is 0 Å². The third-order valence-corrected chi connectivity index (χ3v) is 3.72. The van der Waals surface area contributed by atoms with Gasteiger partial charge < -0.3 is 19.9 Å². The minimum absolute atomic E-state index is 0.110. The monoisotopic (exact) mass is 265 g/mol. The van der Waals surface area contributed by atoms with Gasteiger partial charge in [0.1, 0.15) is 5.69 Å². The van der Waals surface area contributed by atoms with Gasteiger partial charge in [0.05, 0.1) is 6.61 Å². The lowest BCUT2D eigenvalue weighted by Crippen LogP contribution is -2.42. The van der Waals surface area contributed by atoms with Gasteiger partial charge in [0.15, 0.2) is 0 Å². The van der Waals surface area contributed by atoms with Crippen LogP contribution in [0.1, 0.15) is 23.3 Å². The van der Waals surface area contributed by atoms with Crippen molar-refractivity contribution in [3.05, 3.63) is 24.0 Å². The number of ether oxygens (including phenoxy) is 1. The number of rotatable bonds is 5. The van der Waals surface area contributed by atoms with Crippen LogP contribution in [0.25, 0.3) is 0 Å². The minimum atomic E-state index is 0.110. The van der Waals surface area contributed by atoms with Crippen molar-refractivity contribution in [3.63, 3.8) is 0 Å². The smallest absolute Gasteiger partial charge is 0.270 e. The lowest BCUT2D eigenvalue weighted by Gasteiger charge is -2.32. The Balaban J connectivity index is 2.04. The molecule has 0 radical (unpaired) electrons. The van der Waals surface area contributed by atoms with Gasteiger partial charge in [-0.3, -0.25) is 4.79 Å². The fourth-order valence-corrected chi connectivity index (χ4v) is 2.60. The maximum Gasteiger partial charge on any atom is 0.270 e. The quantitative estimate of drug-likeness (QED) is 0.862. The summed E-state index contributed by atoms with van der Waals surface area (Å²) in [4.78, 5) is 14.5. The van der Waals surface area contributed by atoms with Gasteiger partial charge in [0.2, 0.25) is 0 Å². The Hall–Kier alpha value is -1.33. The summed E-state index contributed by atoms with van der Waals surface area (Å²) in [5, 5.41) is 0. The number of piperidine rings is 1. The first-order valence-electron chi connectivity index (χ1n) is 6.89. The fraction of sp³-hybridized carbons (Fsp3) is 0.643. The van der Waals surface area contributed by atoms with Crippen molar-refractivity contribution < 1.29 is 9.53 Å². The molecular formula is C14H23N3O2. The summed E-state index contributed by atoms with van der Waals surface area (Å²) < 4.78 is 7.02. The molecule has 1 saturated heterocycles. The van der Waals surface area contributed by atoms with Crippen molar-refractivity contribution in [2.75, 3.05) is 33.4 Å². The summed E-state index contributed by atoms with van der Waals surface area (Å²) in [6.45, 7) is 3.60. The number of carbonyl (C=O) groups excluding carboxylic acids is 1. The molecule has 0 saturated carbocycles. The molecule has 1 aromatic heterocycles. The molecule has 1 aromatic rings. The SMILES string of the molecule is COCCn1cccc1C(=O)N1CCCC(CN)C1. The third kappa shape index (κ3) is 3.36. The molecule has 19 heavy (non-hydrogen) atoms. The van der Waals surface area contributed by atoms with E-state index in [0.717, 1.165) is 31.6 Å². The van der Waals surface area contributed by atoms with Gasteiger partial charge in [-0.15, -0.1) is 0 Å². The van der Waals surface area contributed by atoms with Gasteiger partial charge in [-0.25, -0.2) is 0 Å². The maximum atomic E-state index is 12.5. The largest absolute Gasteiger partial charge is 0.383 e. The van der Waals surface area contributed by atoms with E-state index in [0.29, 0.717) is 25.6 Å². The van der Waals surface area contributed by atoms with Gasteiger partial charge in [0.25, 0.3) is 5.91 Å². The van der Waals surface area contributed by atoms with Gasteiger partial charge in [0, 0.05) is 32.9 Å². The zero-order chi connectivity index (χ0) is 13.7. The van der Waals surface area contributed by atoms with Crippen LogP contribution in [0.2, 0.25) is 0 Å². The molecule has 106 valence electrons. The van der Waals surface area contributed by atoms with Crippen molar-refractivity contribution in [2.45, 2.75) is 19.4 Å². The summed E-state index contributed by atoms with van der Waals surface area (Å²) in [5.74, 6) is 0.555. The van der Waals surface area contributed by atoms with E-state index in [2.05, 4.69) is 0 Å². The van der Waals surface area contributed by atoms with Crippen LogP contribution in [-0.4, -0.2) is 48.7 Å². The molecule has 1 amide bonds. The van der Waals surface area contributed by atoms with Crippen LogP contribution < -0.4 is 5.73 Å². The fourth-order valence-electron chi connectivity index (χ4n) is 2.60. The summed E-state index contributed by atoms with van der Waals surface area (Å²) in [5.41, 5.74) is 6.47. The molecular weight excluding hydrogens is 242 g/mol. The van der Waals surface area contributed by atoms with E-state index in [1.54, 1.807) is 7.11 Å². The van der Waals surface area contributed by atoms with Gasteiger partial charge >= 0.3 is 0 Å². The number of methoxy groups -OCH3 is 1. The molecule has 1 aliphatic rings. The average Bonchev–Trinajstić information content (AvgIpc) is 2.92. The van der Waals surface area contributed by atoms with E-state index in [1.165, 1.54) is 0 Å². The predicted molar refractivity (Wildman–Crippen MR) is 74.0 cm³/mol. The molecule has 0 spiro atoms. The number of amides is 1. The first-order chi connectivity index (χ1) is 9.26. The predicted octanol–water partition coefficient (Wildman–Crippen LogP) is 0.945. The summed E-state index contributed by atoms with van der Waals surface area (Å²) in [6.07, 6.45) is 4.11. The molecule has 2 rings (SSSR count). The van der Waals surface area contributed by atoms with E-state index < -0.39 is 0 Å². The Kier molecular flexibility index (Phi) is 4.99. The highest BCUT2D eigenvalue weighted by molar-refractivity contribution is 5.92. The highest BCUT2D eigenvalue weighted by Crippen LogP contribution is 2.18. The van der Waals surface area contributed by atoms with Gasteiger partial charge in [-0.1, -0.05) is 0 Å². The van der Waals surface area contributed by atoms with Crippen LogP contribution in [0.15, 0.2) is 18.3 Å². The van der Waals surface area contributed by atoms with Crippen LogP contribution in [0.3, 0.4) is 0 Å². The van der Waals surface area contributed by atoms with E-state index in [-0.39, 0.29) is 5.91 Å². The first-order valence-corrected chi connectivity index (χ1v) is 6.89. The molecule has 1 aliphatic heterocycles. The molecule has 0 bridgehead atoms. The number of nitrogens with two attached hydrogens (primary N) is 1. The number of carbonyl (C=O) groups is 1. The summed E-state index contributed by atoms with van der Waals surface area (Å²) in [7, 11) is 1.67. The van der Waals surface area contributed by atoms with Crippen LogP contribution in [0, 0.1) is 5.92 Å². The Labute approximate surface area is 114 Å². The molecule has 1 fully saturated rings. The van der Waals surface area contributed by atoms with Crippen molar-refractivity contribution in [1.29, 1.82) is 0 Å². The van der Waals surface area contributed by atoms with E-state index in [4.69, 9.17) is 10.5 Å². The Bertz CT molecular complexity index is 417. The molecule has 2 heterocycles. The average molecular weight is 265 g/mol. The maximum absolute atomic E-state index is 12.5. The second-order valence-corrected chi connectivity index (χ2v) is 5.07. The highest BCUT2D eigenvalue weighted by Gasteiger charge is 2.25. The molecule has 2 N–H and O–H groups in total. The van der Waals surface area contributed by atoms with Crippen molar-refractivity contribution in [1.82, 2.24) is 9.47 Å². The lowest BCUT2D eigenvalue weighted by molar-refractivity contribution is 0.0665. The Morgan fingerprint density at radius 3 is 3.16 bits per heavy atom. The van der Waals surface area contributed by atoms with Crippen molar-refractivity contribution in [3.8, 4) is 0 Å². The molecule has 0 aromatic carbocycles. The lowest BCUT2D eigenvalue weighted by atomic mass is 9.98. The van der Waals surface area contributed by atoms with E-state index in [1.807, 2.05) is 27.8 Å². The number of nitrogens with zero attached hydrogens (tertiary/aromatic N) is 2. The zero-order valence-electron chi connectivity index (χ0n) is 11.5. The van der Waals surface area contributed by atoms with E-state index >= 15 is 0 Å².